The molecule has 2 aromatic carbocycles. The minimum atomic E-state index is -1.34. The van der Waals surface area contributed by atoms with Crippen LogP contribution in [-0.2, 0) is 25.6 Å². The largest absolute Gasteiger partial charge is 0.497 e. The summed E-state index contributed by atoms with van der Waals surface area (Å²) in [6.07, 6.45) is 0.924. The lowest BCUT2D eigenvalue weighted by Gasteiger charge is -2.25. The summed E-state index contributed by atoms with van der Waals surface area (Å²) in [6, 6.07) is 12.0. The van der Waals surface area contributed by atoms with Crippen molar-refractivity contribution in [3.05, 3.63) is 65.7 Å². The number of primary amides is 2. The highest BCUT2D eigenvalue weighted by Gasteiger charge is 2.30. The van der Waals surface area contributed by atoms with Crippen LogP contribution in [-0.4, -0.2) is 61.3 Å². The van der Waals surface area contributed by atoms with Crippen molar-refractivity contribution >= 4 is 29.5 Å². The summed E-state index contributed by atoms with van der Waals surface area (Å²) in [6.45, 7) is 0.376. The molecule has 0 spiro atoms. The Balaban J connectivity index is 2.27. The van der Waals surface area contributed by atoms with Gasteiger partial charge >= 0.3 is 0 Å². The first kappa shape index (κ1) is 30.8. The first-order chi connectivity index (χ1) is 18.6. The molecule has 9 N–H and O–H groups in total. The maximum absolute atomic E-state index is 13.5. The summed E-state index contributed by atoms with van der Waals surface area (Å²) in [7, 11) is 1.48. The van der Waals surface area contributed by atoms with E-state index >= 15 is 0 Å². The summed E-state index contributed by atoms with van der Waals surface area (Å²) in [5, 5.41) is 7.80. The molecule has 2 aromatic rings. The lowest BCUT2D eigenvalue weighted by Crippen LogP contribution is -2.57. The third kappa shape index (κ3) is 10.4. The van der Waals surface area contributed by atoms with Crippen molar-refractivity contribution in [2.75, 3.05) is 13.7 Å². The standard InChI is InChI=1S/C27H36N6O6/c1-39-19-11-7-10-18(15-19)25(36)33-22(14-17-8-3-2-4-9-17)27(38)31-20(12-5-6-13-28)26(37)32-21(24(30)35)16-23(29)34/h2-4,7-11,15,20-22H,5-6,12-14,16,28H2,1H3,(H2,29,34)(H2,30,35)(H,31,38)(H,32,37)(H,33,36)/t20-,21-,22-/m0/s1. The lowest BCUT2D eigenvalue weighted by molar-refractivity contribution is -0.133. The molecule has 39 heavy (non-hydrogen) atoms. The average Bonchev–Trinajstić information content (AvgIpc) is 2.91. The number of nitrogens with one attached hydrogen (secondary N) is 3. The molecule has 0 aliphatic carbocycles. The van der Waals surface area contributed by atoms with Gasteiger partial charge in [-0.05, 0) is 49.6 Å². The molecule has 0 heterocycles. The zero-order valence-electron chi connectivity index (χ0n) is 21.9. The Kier molecular flexibility index (Phi) is 12.4. The number of hydrogen-bond acceptors (Lipinski definition) is 7. The van der Waals surface area contributed by atoms with Crippen molar-refractivity contribution in [2.24, 2.45) is 17.2 Å². The molecule has 0 aliphatic heterocycles. The van der Waals surface area contributed by atoms with Crippen LogP contribution in [0.1, 0.15) is 41.6 Å². The molecule has 0 radical (unpaired) electrons. The third-order valence-corrected chi connectivity index (χ3v) is 5.88. The van der Waals surface area contributed by atoms with Gasteiger partial charge in [-0.2, -0.15) is 0 Å². The van der Waals surface area contributed by atoms with Gasteiger partial charge in [-0.3, -0.25) is 24.0 Å². The van der Waals surface area contributed by atoms with Crippen molar-refractivity contribution in [2.45, 2.75) is 50.2 Å². The molecule has 5 amide bonds. The molecule has 0 unspecified atom stereocenters. The normalized spacial score (nSPS) is 12.9. The van der Waals surface area contributed by atoms with Crippen molar-refractivity contribution < 1.29 is 28.7 Å². The predicted molar refractivity (Wildman–Crippen MR) is 144 cm³/mol. The van der Waals surface area contributed by atoms with Gasteiger partial charge in [0.2, 0.25) is 23.6 Å². The Hall–Kier alpha value is -4.45. The van der Waals surface area contributed by atoms with E-state index in [1.54, 1.807) is 36.4 Å². The van der Waals surface area contributed by atoms with E-state index in [2.05, 4.69) is 16.0 Å². The van der Waals surface area contributed by atoms with Crippen LogP contribution in [0.5, 0.6) is 5.75 Å². The van der Waals surface area contributed by atoms with E-state index in [0.717, 1.165) is 5.56 Å². The molecular formula is C27H36N6O6. The number of rotatable bonds is 16. The van der Waals surface area contributed by atoms with Crippen LogP contribution < -0.4 is 37.9 Å². The zero-order chi connectivity index (χ0) is 28.8. The Morgan fingerprint density at radius 1 is 0.821 bits per heavy atom. The van der Waals surface area contributed by atoms with Gasteiger partial charge in [0.1, 0.15) is 23.9 Å². The predicted octanol–water partition coefficient (Wildman–Crippen LogP) is -0.504. The monoisotopic (exact) mass is 540 g/mol. The fraction of sp³-hybridized carbons (Fsp3) is 0.370. The Bertz CT molecular complexity index is 1140. The molecule has 12 heteroatoms. The van der Waals surface area contributed by atoms with Crippen molar-refractivity contribution in [1.82, 2.24) is 16.0 Å². The topological polar surface area (TPSA) is 209 Å². The number of unbranched alkanes of at least 4 members (excludes halogenated alkanes) is 1. The molecule has 12 nitrogen and oxygen atoms in total. The number of methoxy groups -OCH3 is 1. The van der Waals surface area contributed by atoms with Gasteiger partial charge in [0.25, 0.3) is 5.91 Å². The van der Waals surface area contributed by atoms with Gasteiger partial charge in [-0.1, -0.05) is 36.4 Å². The summed E-state index contributed by atoms with van der Waals surface area (Å²) in [5.41, 5.74) is 17.1. The second kappa shape index (κ2) is 15.7. The number of amides is 5. The SMILES string of the molecule is COc1cccc(C(=O)N[C@@H](Cc2ccccc2)C(=O)N[C@@H](CCCCN)C(=O)N[C@@H](CC(N)=O)C(N)=O)c1. The van der Waals surface area contributed by atoms with E-state index in [1.165, 1.54) is 7.11 Å². The van der Waals surface area contributed by atoms with Gasteiger partial charge in [-0.25, -0.2) is 0 Å². The molecule has 3 atom stereocenters. The molecule has 0 aromatic heterocycles. The Labute approximate surface area is 227 Å². The highest BCUT2D eigenvalue weighted by Crippen LogP contribution is 2.13. The maximum atomic E-state index is 13.5. The van der Waals surface area contributed by atoms with Crippen molar-refractivity contribution in [1.29, 1.82) is 0 Å². The van der Waals surface area contributed by atoms with Gasteiger partial charge in [0, 0.05) is 12.0 Å². The first-order valence-electron chi connectivity index (χ1n) is 12.5. The van der Waals surface area contributed by atoms with Gasteiger partial charge in [-0.15, -0.1) is 0 Å². The molecule has 0 bridgehead atoms. The number of hydrogen-bond donors (Lipinski definition) is 6. The summed E-state index contributed by atoms with van der Waals surface area (Å²) in [4.78, 5) is 62.6. The minimum Gasteiger partial charge on any atom is -0.497 e. The number of carbonyl (C=O) groups is 5. The van der Waals surface area contributed by atoms with E-state index in [-0.39, 0.29) is 18.4 Å². The van der Waals surface area contributed by atoms with Gasteiger partial charge in [0.15, 0.2) is 0 Å². The zero-order valence-corrected chi connectivity index (χ0v) is 21.9. The van der Waals surface area contributed by atoms with Crippen LogP contribution in [0.3, 0.4) is 0 Å². The van der Waals surface area contributed by atoms with Crippen molar-refractivity contribution in [3.8, 4) is 5.75 Å². The number of ether oxygens (including phenoxy) is 1. The van der Waals surface area contributed by atoms with E-state index in [9.17, 15) is 24.0 Å². The maximum Gasteiger partial charge on any atom is 0.252 e. The number of benzene rings is 2. The smallest absolute Gasteiger partial charge is 0.252 e. The third-order valence-electron chi connectivity index (χ3n) is 5.88. The first-order valence-corrected chi connectivity index (χ1v) is 12.5. The molecule has 0 saturated carbocycles. The average molecular weight is 541 g/mol. The highest BCUT2D eigenvalue weighted by atomic mass is 16.5. The summed E-state index contributed by atoms with van der Waals surface area (Å²) in [5.74, 6) is -3.14. The van der Waals surface area contributed by atoms with Crippen LogP contribution in [0.25, 0.3) is 0 Å². The van der Waals surface area contributed by atoms with Crippen LogP contribution in [0.4, 0.5) is 0 Å². The molecule has 210 valence electrons. The molecule has 2 rings (SSSR count). The van der Waals surface area contributed by atoms with Crippen LogP contribution in [0.15, 0.2) is 54.6 Å². The minimum absolute atomic E-state index is 0.144. The summed E-state index contributed by atoms with van der Waals surface area (Å²) < 4.78 is 5.18. The summed E-state index contributed by atoms with van der Waals surface area (Å²) >= 11 is 0. The number of nitrogens with two attached hydrogens (primary N) is 3. The Morgan fingerprint density at radius 2 is 1.49 bits per heavy atom. The molecule has 0 aliphatic rings. The van der Waals surface area contributed by atoms with Crippen LogP contribution >= 0.6 is 0 Å². The van der Waals surface area contributed by atoms with Crippen LogP contribution in [0, 0.1) is 0 Å². The fourth-order valence-electron chi connectivity index (χ4n) is 3.80. The fourth-order valence-corrected chi connectivity index (χ4v) is 3.80. The Morgan fingerprint density at radius 3 is 2.10 bits per heavy atom. The second-order valence-corrected chi connectivity index (χ2v) is 8.93. The van der Waals surface area contributed by atoms with E-state index in [0.29, 0.717) is 25.1 Å². The number of carbonyl (C=O) groups excluding carboxylic acids is 5. The highest BCUT2D eigenvalue weighted by molar-refractivity contribution is 5.99. The second-order valence-electron chi connectivity index (χ2n) is 8.93. The van der Waals surface area contributed by atoms with E-state index in [1.807, 2.05) is 18.2 Å². The lowest BCUT2D eigenvalue weighted by atomic mass is 10.0. The quantitative estimate of drug-likeness (QED) is 0.154. The van der Waals surface area contributed by atoms with E-state index < -0.39 is 54.1 Å². The van der Waals surface area contributed by atoms with Crippen LogP contribution in [0.2, 0.25) is 0 Å². The van der Waals surface area contributed by atoms with Crippen molar-refractivity contribution in [3.63, 3.8) is 0 Å². The van der Waals surface area contributed by atoms with E-state index in [4.69, 9.17) is 21.9 Å². The van der Waals surface area contributed by atoms with Gasteiger partial charge in [0.05, 0.1) is 13.5 Å². The molecular weight excluding hydrogens is 504 g/mol. The molecule has 0 fully saturated rings. The van der Waals surface area contributed by atoms with Gasteiger partial charge < -0.3 is 37.9 Å². The molecule has 0 saturated heterocycles.